The fourth-order valence-corrected chi connectivity index (χ4v) is 1.60. The third-order valence-corrected chi connectivity index (χ3v) is 2.38. The third-order valence-electron chi connectivity index (χ3n) is 2.38. The summed E-state index contributed by atoms with van der Waals surface area (Å²) in [4.78, 5) is 10.7. The Morgan fingerprint density at radius 3 is 3.08 bits per heavy atom. The van der Waals surface area contributed by atoms with Gasteiger partial charge in [-0.3, -0.25) is 4.79 Å². The maximum absolute atomic E-state index is 10.7. The average molecular weight is 171 g/mol. The van der Waals surface area contributed by atoms with Gasteiger partial charge in [0.25, 0.3) is 0 Å². The van der Waals surface area contributed by atoms with E-state index < -0.39 is 0 Å². The van der Waals surface area contributed by atoms with Crippen LogP contribution in [0.3, 0.4) is 0 Å². The average Bonchev–Trinajstić information content (AvgIpc) is 2.57. The summed E-state index contributed by atoms with van der Waals surface area (Å²) >= 11 is 0. The predicted molar refractivity (Wildman–Crippen MR) is 46.8 cm³/mol. The highest BCUT2D eigenvalue weighted by molar-refractivity contribution is 5.68. The summed E-state index contributed by atoms with van der Waals surface area (Å²) in [6.45, 7) is 2.27. The molecule has 0 aromatic heterocycles. The molecule has 0 bridgehead atoms. The number of ether oxygens (including phenoxy) is 1. The van der Waals surface area contributed by atoms with Crippen LogP contribution in [0.1, 0.15) is 25.7 Å². The molecule has 0 saturated carbocycles. The first-order chi connectivity index (χ1) is 5.83. The quantitative estimate of drug-likeness (QED) is 0.640. The summed E-state index contributed by atoms with van der Waals surface area (Å²) in [5, 5.41) is 3.31. The Bertz CT molecular complexity index is 141. The van der Waals surface area contributed by atoms with Crippen molar-refractivity contribution in [3.63, 3.8) is 0 Å². The van der Waals surface area contributed by atoms with Crippen LogP contribution in [0.2, 0.25) is 0 Å². The molecule has 1 saturated heterocycles. The minimum atomic E-state index is -0.0824. The summed E-state index contributed by atoms with van der Waals surface area (Å²) in [7, 11) is 1.44. The zero-order valence-electron chi connectivity index (χ0n) is 7.64. The number of esters is 1. The van der Waals surface area contributed by atoms with Crippen molar-refractivity contribution in [2.24, 2.45) is 5.92 Å². The molecule has 0 aliphatic carbocycles. The molecule has 0 aromatic carbocycles. The Morgan fingerprint density at radius 2 is 2.50 bits per heavy atom. The monoisotopic (exact) mass is 171 g/mol. The minimum Gasteiger partial charge on any atom is -0.469 e. The van der Waals surface area contributed by atoms with E-state index in [1.54, 1.807) is 0 Å². The van der Waals surface area contributed by atoms with Gasteiger partial charge in [-0.1, -0.05) is 0 Å². The molecular weight excluding hydrogens is 154 g/mol. The maximum Gasteiger partial charge on any atom is 0.305 e. The molecule has 0 radical (unpaired) electrons. The molecular formula is C9H17NO2. The van der Waals surface area contributed by atoms with Crippen molar-refractivity contribution in [2.45, 2.75) is 25.7 Å². The predicted octanol–water partition coefficient (Wildman–Crippen LogP) is 0.939. The van der Waals surface area contributed by atoms with Gasteiger partial charge in [-0.2, -0.15) is 0 Å². The van der Waals surface area contributed by atoms with Crippen molar-refractivity contribution in [3.8, 4) is 0 Å². The molecule has 3 nitrogen and oxygen atoms in total. The molecule has 1 aliphatic rings. The molecule has 0 spiro atoms. The van der Waals surface area contributed by atoms with Crippen LogP contribution in [-0.4, -0.2) is 26.2 Å². The van der Waals surface area contributed by atoms with Crippen LogP contribution < -0.4 is 5.32 Å². The smallest absolute Gasteiger partial charge is 0.305 e. The highest BCUT2D eigenvalue weighted by Crippen LogP contribution is 2.15. The molecule has 1 rings (SSSR count). The van der Waals surface area contributed by atoms with E-state index in [0.29, 0.717) is 6.42 Å². The van der Waals surface area contributed by atoms with Crippen molar-refractivity contribution < 1.29 is 9.53 Å². The normalized spacial score (nSPS) is 22.6. The molecule has 70 valence electrons. The first kappa shape index (κ1) is 9.52. The molecule has 1 atom stereocenters. The van der Waals surface area contributed by atoms with Gasteiger partial charge in [0.1, 0.15) is 0 Å². The number of methoxy groups -OCH3 is 1. The summed E-state index contributed by atoms with van der Waals surface area (Å²) in [6.07, 6.45) is 3.97. The molecule has 0 aromatic rings. The van der Waals surface area contributed by atoms with Gasteiger partial charge in [0, 0.05) is 6.42 Å². The summed E-state index contributed by atoms with van der Waals surface area (Å²) < 4.78 is 4.56. The number of rotatable bonds is 4. The number of nitrogens with one attached hydrogen (secondary N) is 1. The fourth-order valence-electron chi connectivity index (χ4n) is 1.60. The van der Waals surface area contributed by atoms with E-state index in [0.717, 1.165) is 31.8 Å². The van der Waals surface area contributed by atoms with E-state index in [-0.39, 0.29) is 5.97 Å². The van der Waals surface area contributed by atoms with Crippen molar-refractivity contribution in [1.29, 1.82) is 0 Å². The molecule has 12 heavy (non-hydrogen) atoms. The van der Waals surface area contributed by atoms with Crippen LogP contribution in [0.4, 0.5) is 0 Å². The molecule has 3 heteroatoms. The summed E-state index contributed by atoms with van der Waals surface area (Å²) in [6, 6.07) is 0. The lowest BCUT2D eigenvalue weighted by Gasteiger charge is -2.05. The van der Waals surface area contributed by atoms with Crippen LogP contribution in [-0.2, 0) is 9.53 Å². The standard InChI is InChI=1S/C9H17NO2/c1-12-9(11)4-2-3-8-5-6-10-7-8/h8,10H,2-7H2,1H3. The highest BCUT2D eigenvalue weighted by Gasteiger charge is 2.14. The second-order valence-electron chi connectivity index (χ2n) is 3.33. The van der Waals surface area contributed by atoms with E-state index in [1.165, 1.54) is 13.5 Å². The fraction of sp³-hybridized carbons (Fsp3) is 0.889. The Balaban J connectivity index is 1.97. The van der Waals surface area contributed by atoms with Gasteiger partial charge in [-0.25, -0.2) is 0 Å². The van der Waals surface area contributed by atoms with Gasteiger partial charge in [-0.05, 0) is 38.3 Å². The van der Waals surface area contributed by atoms with Crippen molar-refractivity contribution in [2.75, 3.05) is 20.2 Å². The molecule has 0 amide bonds. The molecule has 1 unspecified atom stereocenters. The van der Waals surface area contributed by atoms with Crippen LogP contribution >= 0.6 is 0 Å². The third kappa shape index (κ3) is 3.22. The second kappa shape index (κ2) is 5.14. The molecule has 1 aliphatic heterocycles. The molecule has 1 N–H and O–H groups in total. The van der Waals surface area contributed by atoms with Crippen molar-refractivity contribution >= 4 is 5.97 Å². The van der Waals surface area contributed by atoms with E-state index >= 15 is 0 Å². The summed E-state index contributed by atoms with van der Waals surface area (Å²) in [5.41, 5.74) is 0. The van der Waals surface area contributed by atoms with Gasteiger partial charge < -0.3 is 10.1 Å². The number of carbonyl (C=O) groups excluding carboxylic acids is 1. The summed E-state index contributed by atoms with van der Waals surface area (Å²) in [5.74, 6) is 0.704. The van der Waals surface area contributed by atoms with Crippen molar-refractivity contribution in [3.05, 3.63) is 0 Å². The number of carbonyl (C=O) groups is 1. The van der Waals surface area contributed by atoms with E-state index in [4.69, 9.17) is 0 Å². The lowest BCUT2D eigenvalue weighted by Crippen LogP contribution is -2.09. The lowest BCUT2D eigenvalue weighted by molar-refractivity contribution is -0.140. The Hall–Kier alpha value is -0.570. The van der Waals surface area contributed by atoms with Crippen LogP contribution in [0.15, 0.2) is 0 Å². The Labute approximate surface area is 73.5 Å². The Morgan fingerprint density at radius 1 is 1.67 bits per heavy atom. The first-order valence-electron chi connectivity index (χ1n) is 4.60. The van der Waals surface area contributed by atoms with E-state index in [2.05, 4.69) is 10.1 Å². The first-order valence-corrected chi connectivity index (χ1v) is 4.60. The van der Waals surface area contributed by atoms with Crippen molar-refractivity contribution in [1.82, 2.24) is 5.32 Å². The Kier molecular flexibility index (Phi) is 4.08. The van der Waals surface area contributed by atoms with Gasteiger partial charge in [0.05, 0.1) is 7.11 Å². The van der Waals surface area contributed by atoms with Crippen LogP contribution in [0.25, 0.3) is 0 Å². The van der Waals surface area contributed by atoms with Gasteiger partial charge in [-0.15, -0.1) is 0 Å². The molecule has 1 fully saturated rings. The van der Waals surface area contributed by atoms with Gasteiger partial charge >= 0.3 is 5.97 Å². The molecule has 1 heterocycles. The van der Waals surface area contributed by atoms with E-state index in [1.807, 2.05) is 0 Å². The largest absolute Gasteiger partial charge is 0.469 e. The topological polar surface area (TPSA) is 38.3 Å². The van der Waals surface area contributed by atoms with Crippen LogP contribution in [0.5, 0.6) is 0 Å². The number of hydrogen-bond acceptors (Lipinski definition) is 3. The second-order valence-corrected chi connectivity index (χ2v) is 3.33. The maximum atomic E-state index is 10.7. The van der Waals surface area contributed by atoms with E-state index in [9.17, 15) is 4.79 Å². The highest BCUT2D eigenvalue weighted by atomic mass is 16.5. The van der Waals surface area contributed by atoms with Gasteiger partial charge in [0.2, 0.25) is 0 Å². The zero-order chi connectivity index (χ0) is 8.81. The SMILES string of the molecule is COC(=O)CCCC1CCNC1. The number of hydrogen-bond donors (Lipinski definition) is 1. The zero-order valence-corrected chi connectivity index (χ0v) is 7.64. The van der Waals surface area contributed by atoms with Crippen LogP contribution in [0, 0.1) is 5.92 Å². The minimum absolute atomic E-state index is 0.0824. The van der Waals surface area contributed by atoms with Gasteiger partial charge in [0.15, 0.2) is 0 Å². The lowest BCUT2D eigenvalue weighted by atomic mass is 10.0.